The molecule has 0 saturated carbocycles. The van der Waals surface area contributed by atoms with Crippen LogP contribution in [0, 0.1) is 0 Å². The molecule has 1 rings (SSSR count). The SMILES string of the molecule is CCCCCCCCCCOC(=O)C(=O)OOC(C)(CI)c1cc(C(C)(CI)OOC(=O)C(=O)OCCCCCCCCCC)cc(C(C)(CI)OOC(=O)C(=O)OCCCCCCCCCC)c1. The highest BCUT2D eigenvalue weighted by Gasteiger charge is 2.40. The minimum absolute atomic E-state index is 0.0602. The molecule has 0 aliphatic carbocycles. The lowest BCUT2D eigenvalue weighted by Crippen LogP contribution is -2.36. The van der Waals surface area contributed by atoms with Crippen LogP contribution in [0.2, 0.25) is 0 Å². The maximum Gasteiger partial charge on any atom is 0.449 e. The molecule has 0 radical (unpaired) electrons. The first-order chi connectivity index (χ1) is 33.1. The average molecular weight is 1310 g/mol. The normalized spacial score (nSPS) is 13.9. The van der Waals surface area contributed by atoms with Gasteiger partial charge in [0, 0.05) is 13.3 Å². The van der Waals surface area contributed by atoms with Gasteiger partial charge in [0.05, 0.1) is 19.8 Å². The molecule has 18 heteroatoms. The van der Waals surface area contributed by atoms with Crippen molar-refractivity contribution < 1.29 is 72.3 Å². The van der Waals surface area contributed by atoms with Crippen LogP contribution in [-0.2, 0) is 89.1 Å². The molecule has 0 heterocycles. The number of hydrogen-bond acceptors (Lipinski definition) is 15. The van der Waals surface area contributed by atoms with Gasteiger partial charge in [-0.1, -0.05) is 223 Å². The van der Waals surface area contributed by atoms with Crippen molar-refractivity contribution in [2.75, 3.05) is 33.1 Å². The first kappa shape index (κ1) is 65.1. The Kier molecular flexibility index (Phi) is 36.5. The van der Waals surface area contributed by atoms with Gasteiger partial charge in [-0.05, 0) is 74.9 Å². The number of unbranched alkanes of at least 4 members (excludes halogenated alkanes) is 21. The third kappa shape index (κ3) is 27.1. The first-order valence-electron chi connectivity index (χ1n) is 25.1. The van der Waals surface area contributed by atoms with Crippen LogP contribution in [0.4, 0.5) is 0 Å². The number of ether oxygens (including phenoxy) is 3. The Morgan fingerprint density at radius 3 is 0.754 bits per heavy atom. The second-order valence-electron chi connectivity index (χ2n) is 18.1. The smallest absolute Gasteiger partial charge is 0.449 e. The van der Waals surface area contributed by atoms with Gasteiger partial charge < -0.3 is 14.2 Å². The molecule has 0 N–H and O–H groups in total. The molecular formula is C51H81I3O15. The van der Waals surface area contributed by atoms with E-state index >= 15 is 0 Å². The van der Waals surface area contributed by atoms with Crippen molar-refractivity contribution in [2.24, 2.45) is 0 Å². The van der Waals surface area contributed by atoms with Crippen molar-refractivity contribution in [1.29, 1.82) is 0 Å². The van der Waals surface area contributed by atoms with E-state index in [1.165, 1.54) is 77.0 Å². The van der Waals surface area contributed by atoms with Gasteiger partial charge in [-0.25, -0.2) is 28.8 Å². The summed E-state index contributed by atoms with van der Waals surface area (Å²) >= 11 is 6.11. The van der Waals surface area contributed by atoms with E-state index in [9.17, 15) is 28.8 Å². The minimum Gasteiger partial charge on any atom is -0.457 e. The highest BCUT2D eigenvalue weighted by atomic mass is 127. The molecule has 69 heavy (non-hydrogen) atoms. The third-order valence-corrected chi connectivity index (χ3v) is 16.0. The minimum atomic E-state index is -1.44. The van der Waals surface area contributed by atoms with Gasteiger partial charge in [0.2, 0.25) is 0 Å². The zero-order valence-corrected chi connectivity index (χ0v) is 48.7. The number of hydrogen-bond donors (Lipinski definition) is 0. The van der Waals surface area contributed by atoms with Gasteiger partial charge in [-0.3, -0.25) is 14.7 Å². The molecule has 0 bridgehead atoms. The highest BCUT2D eigenvalue weighted by molar-refractivity contribution is 14.1. The number of alkyl halides is 3. The largest absolute Gasteiger partial charge is 0.457 e. The fourth-order valence-corrected chi connectivity index (χ4v) is 8.56. The Bertz CT molecular complexity index is 1450. The molecule has 1 aromatic rings. The molecule has 0 amide bonds. The Labute approximate surface area is 452 Å². The summed E-state index contributed by atoms with van der Waals surface area (Å²) < 4.78 is 16.0. The first-order valence-corrected chi connectivity index (χ1v) is 29.7. The van der Waals surface area contributed by atoms with Crippen molar-refractivity contribution in [2.45, 2.75) is 212 Å². The molecule has 3 atom stereocenters. The fourth-order valence-electron chi connectivity index (χ4n) is 6.86. The number of carbonyl (C=O) groups is 6. The van der Waals surface area contributed by atoms with E-state index in [1.807, 2.05) is 67.8 Å². The third-order valence-electron chi connectivity index (χ3n) is 11.6. The van der Waals surface area contributed by atoms with Gasteiger partial charge in [0.25, 0.3) is 0 Å². The van der Waals surface area contributed by atoms with Crippen LogP contribution in [0.25, 0.3) is 0 Å². The van der Waals surface area contributed by atoms with E-state index in [0.717, 1.165) is 57.8 Å². The number of rotatable bonds is 39. The second kappa shape index (κ2) is 38.7. The average Bonchev–Trinajstić information content (AvgIpc) is 3.36. The maximum absolute atomic E-state index is 12.8. The van der Waals surface area contributed by atoms with Crippen molar-refractivity contribution in [3.63, 3.8) is 0 Å². The van der Waals surface area contributed by atoms with Crippen molar-refractivity contribution in [1.82, 2.24) is 0 Å². The van der Waals surface area contributed by atoms with Crippen LogP contribution in [0.15, 0.2) is 18.2 Å². The summed E-state index contributed by atoms with van der Waals surface area (Å²) in [5, 5.41) is 0. The van der Waals surface area contributed by atoms with Gasteiger partial charge in [-0.2, -0.15) is 14.7 Å². The zero-order valence-electron chi connectivity index (χ0n) is 42.2. The van der Waals surface area contributed by atoms with Crippen LogP contribution in [0.1, 0.15) is 212 Å². The van der Waals surface area contributed by atoms with Crippen LogP contribution in [-0.4, -0.2) is 68.9 Å². The molecule has 396 valence electrons. The predicted molar refractivity (Wildman–Crippen MR) is 287 cm³/mol. The van der Waals surface area contributed by atoms with Crippen LogP contribution >= 0.6 is 67.8 Å². The van der Waals surface area contributed by atoms with Crippen molar-refractivity contribution in [3.05, 3.63) is 34.9 Å². The standard InChI is InChI=1S/C51H81I3O15/c1-7-10-13-16-19-22-25-28-31-61-43(55)46(58)64-67-49(4,37-52)40-34-41(50(5,38-53)68-65-47(59)44(56)62-32-29-26-23-20-17-14-11-8-2)36-42(35-40)51(6,39-54)69-66-48(60)45(57)63-33-30-27-24-21-18-15-12-9-3/h34-36H,7-33,37-39H2,1-6H3. The predicted octanol–water partition coefficient (Wildman–Crippen LogP) is 13.1. The number of halogens is 3. The topological polar surface area (TPSA) is 185 Å². The summed E-state index contributed by atoms with van der Waals surface area (Å²) in [6.07, 6.45) is 25.0. The molecule has 0 fully saturated rings. The molecule has 0 aliphatic rings. The van der Waals surface area contributed by atoms with E-state index in [1.54, 1.807) is 39.0 Å². The van der Waals surface area contributed by atoms with E-state index in [-0.39, 0.29) is 33.1 Å². The number of benzene rings is 1. The van der Waals surface area contributed by atoms with E-state index < -0.39 is 52.6 Å². The molecule has 0 spiro atoms. The Morgan fingerprint density at radius 1 is 0.348 bits per heavy atom. The van der Waals surface area contributed by atoms with Gasteiger partial charge in [0.1, 0.15) is 16.8 Å². The van der Waals surface area contributed by atoms with Crippen molar-refractivity contribution in [3.8, 4) is 0 Å². The van der Waals surface area contributed by atoms with E-state index in [2.05, 4.69) is 20.8 Å². The quantitative estimate of drug-likeness (QED) is 0.00885. The molecule has 1 aromatic carbocycles. The molecular weight excluding hydrogens is 1230 g/mol. The number of esters is 3. The summed E-state index contributed by atoms with van der Waals surface area (Å²) in [7, 11) is 0. The Balaban J connectivity index is 3.25. The molecule has 0 aliphatic heterocycles. The highest BCUT2D eigenvalue weighted by Crippen LogP contribution is 2.39. The van der Waals surface area contributed by atoms with Crippen molar-refractivity contribution >= 4 is 104 Å². The Morgan fingerprint density at radius 2 is 0.551 bits per heavy atom. The summed E-state index contributed by atoms with van der Waals surface area (Å²) in [6.45, 7) is 11.6. The molecule has 3 unspecified atom stereocenters. The van der Waals surface area contributed by atoms with Crippen LogP contribution in [0.3, 0.4) is 0 Å². The summed E-state index contributed by atoms with van der Waals surface area (Å²) in [5.41, 5.74) is -3.21. The fraction of sp³-hybridized carbons (Fsp3) is 0.765. The summed E-state index contributed by atoms with van der Waals surface area (Å²) in [6, 6.07) is 4.98. The van der Waals surface area contributed by atoms with Gasteiger partial charge in [-0.15, -0.1) is 0 Å². The van der Waals surface area contributed by atoms with E-state index in [4.69, 9.17) is 43.5 Å². The van der Waals surface area contributed by atoms with Crippen LogP contribution < -0.4 is 0 Å². The molecule has 0 aromatic heterocycles. The van der Waals surface area contributed by atoms with Crippen LogP contribution in [0.5, 0.6) is 0 Å². The molecule has 0 saturated heterocycles. The van der Waals surface area contributed by atoms with E-state index in [0.29, 0.717) is 36.0 Å². The maximum atomic E-state index is 12.8. The molecule has 15 nitrogen and oxygen atoms in total. The lowest BCUT2D eigenvalue weighted by Gasteiger charge is -2.33. The summed E-state index contributed by atoms with van der Waals surface area (Å²) in [4.78, 5) is 109. The lowest BCUT2D eigenvalue weighted by molar-refractivity contribution is -0.329. The monoisotopic (exact) mass is 1310 g/mol. The lowest BCUT2D eigenvalue weighted by atomic mass is 9.85. The van der Waals surface area contributed by atoms with Gasteiger partial charge in [0.15, 0.2) is 0 Å². The summed E-state index contributed by atoms with van der Waals surface area (Å²) in [5.74, 6) is -7.62. The zero-order chi connectivity index (χ0) is 51.4. The number of carbonyl (C=O) groups excluding carboxylic acids is 6. The van der Waals surface area contributed by atoms with Gasteiger partial charge >= 0.3 is 35.8 Å². The second-order valence-corrected chi connectivity index (χ2v) is 20.4. The Hall–Kier alpha value is -1.89.